The van der Waals surface area contributed by atoms with Gasteiger partial charge in [0.15, 0.2) is 5.96 Å². The van der Waals surface area contributed by atoms with E-state index in [0.717, 1.165) is 38.3 Å². The van der Waals surface area contributed by atoms with Crippen molar-refractivity contribution >= 4 is 23.2 Å². The molecule has 1 aromatic heterocycles. The van der Waals surface area contributed by atoms with Crippen LogP contribution in [0.4, 0.5) is 0 Å². The maximum Gasteiger partial charge on any atom is 0.223 e. The van der Waals surface area contributed by atoms with Gasteiger partial charge in [-0.15, -0.1) is 11.3 Å². The van der Waals surface area contributed by atoms with Crippen molar-refractivity contribution in [2.45, 2.75) is 33.1 Å². The van der Waals surface area contributed by atoms with E-state index in [4.69, 9.17) is 0 Å². The number of hydrogen-bond donors (Lipinski definition) is 3. The van der Waals surface area contributed by atoms with Crippen molar-refractivity contribution in [2.75, 3.05) is 26.2 Å². The molecule has 3 N–H and O–H groups in total. The van der Waals surface area contributed by atoms with Gasteiger partial charge in [-0.1, -0.05) is 13.0 Å². The van der Waals surface area contributed by atoms with Gasteiger partial charge in [0.1, 0.15) is 0 Å². The van der Waals surface area contributed by atoms with Crippen LogP contribution in [0.25, 0.3) is 0 Å². The van der Waals surface area contributed by atoms with E-state index in [-0.39, 0.29) is 11.8 Å². The Bertz CT molecular complexity index is 497. The van der Waals surface area contributed by atoms with Gasteiger partial charge in [0.05, 0.1) is 0 Å². The van der Waals surface area contributed by atoms with Crippen molar-refractivity contribution in [1.29, 1.82) is 0 Å². The molecule has 2 rings (SSSR count). The number of aliphatic imine (C=N–C) groups is 1. The van der Waals surface area contributed by atoms with Crippen molar-refractivity contribution in [3.05, 3.63) is 22.4 Å². The maximum absolute atomic E-state index is 11.6. The monoisotopic (exact) mass is 336 g/mol. The van der Waals surface area contributed by atoms with Gasteiger partial charge in [-0.05, 0) is 43.6 Å². The lowest BCUT2D eigenvalue weighted by molar-refractivity contribution is -0.122. The first-order chi connectivity index (χ1) is 11.2. The quantitative estimate of drug-likeness (QED) is 0.367. The Morgan fingerprint density at radius 3 is 2.78 bits per heavy atom. The zero-order chi connectivity index (χ0) is 16.5. The highest BCUT2D eigenvalue weighted by Gasteiger charge is 2.28. The smallest absolute Gasteiger partial charge is 0.223 e. The second-order valence-corrected chi connectivity index (χ2v) is 7.13. The predicted molar refractivity (Wildman–Crippen MR) is 96.9 cm³/mol. The third-order valence-corrected chi connectivity index (χ3v) is 4.60. The molecule has 1 heterocycles. The number of hydrogen-bond acceptors (Lipinski definition) is 3. The summed E-state index contributed by atoms with van der Waals surface area (Å²) in [5.74, 6) is 1.80. The Kier molecular flexibility index (Phi) is 7.39. The molecule has 1 saturated carbocycles. The average Bonchev–Trinajstić information content (AvgIpc) is 3.27. The van der Waals surface area contributed by atoms with Crippen molar-refractivity contribution in [3.8, 4) is 0 Å². The molecule has 1 atom stereocenters. The fourth-order valence-electron chi connectivity index (χ4n) is 2.28. The molecule has 23 heavy (non-hydrogen) atoms. The zero-order valence-corrected chi connectivity index (χ0v) is 14.9. The Balaban J connectivity index is 1.67. The summed E-state index contributed by atoms with van der Waals surface area (Å²) >= 11 is 1.80. The van der Waals surface area contributed by atoms with Crippen LogP contribution in [-0.4, -0.2) is 38.0 Å². The molecule has 1 unspecified atom stereocenters. The first kappa shape index (κ1) is 17.8. The highest BCUT2D eigenvalue weighted by Crippen LogP contribution is 2.28. The van der Waals surface area contributed by atoms with E-state index in [1.807, 2.05) is 0 Å². The van der Waals surface area contributed by atoms with E-state index in [1.165, 1.54) is 4.88 Å². The second kappa shape index (κ2) is 9.55. The van der Waals surface area contributed by atoms with Gasteiger partial charge in [-0.2, -0.15) is 0 Å². The minimum atomic E-state index is 0.193. The second-order valence-electron chi connectivity index (χ2n) is 6.10. The molecule has 1 fully saturated rings. The Morgan fingerprint density at radius 1 is 1.35 bits per heavy atom. The van der Waals surface area contributed by atoms with E-state index in [2.05, 4.69) is 52.3 Å². The topological polar surface area (TPSA) is 65.5 Å². The van der Waals surface area contributed by atoms with Gasteiger partial charge in [0, 0.05) is 37.0 Å². The van der Waals surface area contributed by atoms with E-state index >= 15 is 0 Å². The lowest BCUT2D eigenvalue weighted by atomic mass is 10.1. The van der Waals surface area contributed by atoms with Crippen molar-refractivity contribution < 1.29 is 4.79 Å². The molecular weight excluding hydrogens is 308 g/mol. The molecule has 128 valence electrons. The largest absolute Gasteiger partial charge is 0.357 e. The van der Waals surface area contributed by atoms with Crippen LogP contribution < -0.4 is 16.0 Å². The standard InChI is InChI=1S/C17H28N4OS/c1-3-18-17(20-9-8-19-16(22)14-6-7-14)21-12-13(2)11-15-5-4-10-23-15/h4-5,10,13-14H,3,6-9,11-12H2,1-2H3,(H,19,22)(H2,18,20,21). The minimum Gasteiger partial charge on any atom is -0.357 e. The third-order valence-electron chi connectivity index (χ3n) is 3.70. The summed E-state index contributed by atoms with van der Waals surface area (Å²) in [6.07, 6.45) is 3.16. The van der Waals surface area contributed by atoms with Gasteiger partial charge in [0.25, 0.3) is 0 Å². The normalized spacial score (nSPS) is 16.0. The fraction of sp³-hybridized carbons (Fsp3) is 0.647. The molecule has 1 aliphatic rings. The van der Waals surface area contributed by atoms with Crippen molar-refractivity contribution in [1.82, 2.24) is 16.0 Å². The molecule has 0 radical (unpaired) electrons. The molecule has 1 aromatic rings. The van der Waals surface area contributed by atoms with E-state index in [1.54, 1.807) is 11.3 Å². The molecular formula is C17H28N4OS. The fourth-order valence-corrected chi connectivity index (χ4v) is 3.15. The van der Waals surface area contributed by atoms with E-state index in [9.17, 15) is 4.79 Å². The first-order valence-electron chi connectivity index (χ1n) is 8.51. The number of carbonyl (C=O) groups excluding carboxylic acids is 1. The summed E-state index contributed by atoms with van der Waals surface area (Å²) < 4.78 is 0. The number of amides is 1. The molecule has 6 heteroatoms. The van der Waals surface area contributed by atoms with Gasteiger partial charge < -0.3 is 16.0 Å². The lowest BCUT2D eigenvalue weighted by Crippen LogP contribution is -2.42. The van der Waals surface area contributed by atoms with E-state index < -0.39 is 0 Å². The number of thiophene rings is 1. The number of rotatable bonds is 9. The van der Waals surface area contributed by atoms with Crippen LogP contribution in [0, 0.1) is 11.8 Å². The summed E-state index contributed by atoms with van der Waals surface area (Å²) in [6.45, 7) is 7.25. The van der Waals surface area contributed by atoms with Gasteiger partial charge in [-0.3, -0.25) is 9.79 Å². The van der Waals surface area contributed by atoms with Crippen LogP contribution in [0.15, 0.2) is 22.5 Å². The molecule has 0 bridgehead atoms. The minimum absolute atomic E-state index is 0.193. The number of nitrogens with zero attached hydrogens (tertiary/aromatic N) is 1. The summed E-state index contributed by atoms with van der Waals surface area (Å²) in [4.78, 5) is 17.6. The number of nitrogens with one attached hydrogen (secondary N) is 3. The van der Waals surface area contributed by atoms with Gasteiger partial charge >= 0.3 is 0 Å². The molecule has 1 aliphatic carbocycles. The maximum atomic E-state index is 11.6. The summed E-state index contributed by atoms with van der Waals surface area (Å²) in [5, 5.41) is 11.6. The third kappa shape index (κ3) is 7.03. The molecule has 0 aromatic carbocycles. The van der Waals surface area contributed by atoms with Gasteiger partial charge in [-0.25, -0.2) is 0 Å². The Hall–Kier alpha value is -1.56. The van der Waals surface area contributed by atoms with Crippen molar-refractivity contribution in [2.24, 2.45) is 16.8 Å². The average molecular weight is 337 g/mol. The molecule has 5 nitrogen and oxygen atoms in total. The van der Waals surface area contributed by atoms with Crippen molar-refractivity contribution in [3.63, 3.8) is 0 Å². The molecule has 0 aliphatic heterocycles. The highest BCUT2D eigenvalue weighted by molar-refractivity contribution is 7.09. The SMILES string of the molecule is CCNC(=NCC(C)Cc1cccs1)NCCNC(=O)C1CC1. The first-order valence-corrected chi connectivity index (χ1v) is 9.39. The molecule has 0 saturated heterocycles. The molecule has 1 amide bonds. The number of guanidine groups is 1. The van der Waals surface area contributed by atoms with Crippen LogP contribution in [0.5, 0.6) is 0 Å². The Morgan fingerprint density at radius 2 is 2.13 bits per heavy atom. The van der Waals surface area contributed by atoms with Gasteiger partial charge in [0.2, 0.25) is 5.91 Å². The van der Waals surface area contributed by atoms with Crippen LogP contribution in [0.2, 0.25) is 0 Å². The Labute approximate surface area is 143 Å². The highest BCUT2D eigenvalue weighted by atomic mass is 32.1. The lowest BCUT2D eigenvalue weighted by Gasteiger charge is -2.13. The summed E-state index contributed by atoms with van der Waals surface area (Å²) in [7, 11) is 0. The zero-order valence-electron chi connectivity index (χ0n) is 14.1. The number of carbonyl (C=O) groups is 1. The predicted octanol–water partition coefficient (Wildman–Crippen LogP) is 2.01. The van der Waals surface area contributed by atoms with Crippen LogP contribution >= 0.6 is 11.3 Å². The summed E-state index contributed by atoms with van der Waals surface area (Å²) in [6, 6.07) is 4.27. The van der Waals surface area contributed by atoms with Crippen LogP contribution in [0.1, 0.15) is 31.6 Å². The van der Waals surface area contributed by atoms with E-state index in [0.29, 0.717) is 19.0 Å². The van der Waals surface area contributed by atoms with Crippen LogP contribution in [0.3, 0.4) is 0 Å². The van der Waals surface area contributed by atoms with Crippen LogP contribution in [-0.2, 0) is 11.2 Å². The summed E-state index contributed by atoms with van der Waals surface area (Å²) in [5.41, 5.74) is 0. The molecule has 0 spiro atoms.